The molecule has 0 radical (unpaired) electrons. The SMILES string of the molecule is CCc1ccc(C(C(=O)C2=C(O)c3ccccc3C2=O)c2ccccc2)cc1. The van der Waals surface area contributed by atoms with Crippen LogP contribution in [0.15, 0.2) is 84.4 Å². The molecule has 1 atom stereocenters. The maximum absolute atomic E-state index is 13.6. The third-order valence-corrected chi connectivity index (χ3v) is 5.25. The van der Waals surface area contributed by atoms with Crippen molar-refractivity contribution in [3.8, 4) is 0 Å². The van der Waals surface area contributed by atoms with Crippen LogP contribution in [0.5, 0.6) is 0 Å². The maximum atomic E-state index is 13.6. The molecule has 0 fully saturated rings. The molecule has 0 amide bonds. The summed E-state index contributed by atoms with van der Waals surface area (Å²) < 4.78 is 0. The van der Waals surface area contributed by atoms with Gasteiger partial charge in [0.15, 0.2) is 5.78 Å². The number of aliphatic hydroxyl groups excluding tert-OH is 1. The molecule has 0 heterocycles. The molecular formula is C25H20O3. The van der Waals surface area contributed by atoms with Gasteiger partial charge in [-0.05, 0) is 23.1 Å². The molecule has 3 nitrogen and oxygen atoms in total. The molecule has 1 unspecified atom stereocenters. The van der Waals surface area contributed by atoms with Gasteiger partial charge >= 0.3 is 0 Å². The molecule has 28 heavy (non-hydrogen) atoms. The highest BCUT2D eigenvalue weighted by molar-refractivity contribution is 6.35. The van der Waals surface area contributed by atoms with Gasteiger partial charge in [0, 0.05) is 11.1 Å². The quantitative estimate of drug-likeness (QED) is 0.636. The van der Waals surface area contributed by atoms with Crippen LogP contribution in [-0.4, -0.2) is 16.7 Å². The first-order valence-corrected chi connectivity index (χ1v) is 9.37. The molecule has 1 aliphatic carbocycles. The minimum absolute atomic E-state index is 0.130. The van der Waals surface area contributed by atoms with Crippen molar-refractivity contribution in [2.45, 2.75) is 19.3 Å². The average Bonchev–Trinajstić information content (AvgIpc) is 3.00. The molecule has 4 rings (SSSR count). The van der Waals surface area contributed by atoms with Crippen molar-refractivity contribution in [3.05, 3.63) is 112 Å². The molecule has 138 valence electrons. The Labute approximate surface area is 164 Å². The predicted molar refractivity (Wildman–Crippen MR) is 109 cm³/mol. The van der Waals surface area contributed by atoms with Crippen LogP contribution in [0.1, 0.15) is 45.5 Å². The van der Waals surface area contributed by atoms with E-state index < -0.39 is 11.7 Å². The van der Waals surface area contributed by atoms with Gasteiger partial charge in [0.05, 0.1) is 5.92 Å². The third-order valence-electron chi connectivity index (χ3n) is 5.25. The summed E-state index contributed by atoms with van der Waals surface area (Å²) in [6.45, 7) is 2.08. The molecule has 0 aliphatic heterocycles. The number of rotatable bonds is 5. The van der Waals surface area contributed by atoms with Crippen LogP contribution in [0.25, 0.3) is 5.76 Å². The second kappa shape index (κ2) is 7.28. The Kier molecular flexibility index (Phi) is 4.66. The van der Waals surface area contributed by atoms with E-state index in [-0.39, 0.29) is 17.1 Å². The molecule has 3 heteroatoms. The largest absolute Gasteiger partial charge is 0.506 e. The minimum Gasteiger partial charge on any atom is -0.506 e. The number of hydrogen-bond acceptors (Lipinski definition) is 3. The van der Waals surface area contributed by atoms with E-state index in [9.17, 15) is 14.7 Å². The molecule has 3 aromatic rings. The highest BCUT2D eigenvalue weighted by Crippen LogP contribution is 2.37. The molecule has 0 saturated heterocycles. The van der Waals surface area contributed by atoms with Crippen LogP contribution in [0.3, 0.4) is 0 Å². The number of aryl methyl sites for hydroxylation is 1. The smallest absolute Gasteiger partial charge is 0.201 e. The Hall–Kier alpha value is -3.46. The van der Waals surface area contributed by atoms with Crippen molar-refractivity contribution in [3.63, 3.8) is 0 Å². The standard InChI is InChI=1S/C25H20O3/c1-2-16-12-14-18(15-13-16)21(17-8-4-3-5-9-17)25(28)22-23(26)19-10-6-7-11-20(19)24(22)27/h3-15,21,26H,2H2,1H3. The van der Waals surface area contributed by atoms with Gasteiger partial charge in [0.25, 0.3) is 0 Å². The number of fused-ring (bicyclic) bond motifs is 1. The first-order valence-electron chi connectivity index (χ1n) is 9.37. The van der Waals surface area contributed by atoms with Gasteiger partial charge in [0.1, 0.15) is 11.3 Å². The molecular weight excluding hydrogens is 348 g/mol. The number of carbonyl (C=O) groups is 2. The number of hydrogen-bond donors (Lipinski definition) is 1. The number of carbonyl (C=O) groups excluding carboxylic acids is 2. The van der Waals surface area contributed by atoms with Crippen molar-refractivity contribution < 1.29 is 14.7 Å². The van der Waals surface area contributed by atoms with Crippen LogP contribution in [-0.2, 0) is 11.2 Å². The van der Waals surface area contributed by atoms with Crippen LogP contribution in [0.4, 0.5) is 0 Å². The van der Waals surface area contributed by atoms with Gasteiger partial charge < -0.3 is 5.11 Å². The van der Waals surface area contributed by atoms with E-state index in [0.717, 1.165) is 17.5 Å². The van der Waals surface area contributed by atoms with Gasteiger partial charge in [-0.25, -0.2) is 0 Å². The number of benzene rings is 3. The first kappa shape index (κ1) is 17.9. The van der Waals surface area contributed by atoms with E-state index in [0.29, 0.717) is 11.1 Å². The van der Waals surface area contributed by atoms with Gasteiger partial charge in [-0.2, -0.15) is 0 Å². The van der Waals surface area contributed by atoms with Crippen molar-refractivity contribution in [1.82, 2.24) is 0 Å². The van der Waals surface area contributed by atoms with E-state index >= 15 is 0 Å². The number of Topliss-reactive ketones (excluding diaryl/α,β-unsaturated/α-hetero) is 2. The summed E-state index contributed by atoms with van der Waals surface area (Å²) in [5.41, 5.74) is 3.43. The highest BCUT2D eigenvalue weighted by atomic mass is 16.3. The van der Waals surface area contributed by atoms with Crippen molar-refractivity contribution in [1.29, 1.82) is 0 Å². The van der Waals surface area contributed by atoms with Crippen molar-refractivity contribution in [2.24, 2.45) is 0 Å². The van der Waals surface area contributed by atoms with E-state index in [1.54, 1.807) is 24.3 Å². The van der Waals surface area contributed by atoms with E-state index in [4.69, 9.17) is 0 Å². The second-order valence-electron chi connectivity index (χ2n) is 6.90. The number of aliphatic hydroxyl groups is 1. The molecule has 1 aliphatic rings. The molecule has 0 saturated carbocycles. The Morgan fingerprint density at radius 1 is 0.821 bits per heavy atom. The highest BCUT2D eigenvalue weighted by Gasteiger charge is 2.38. The number of allylic oxidation sites excluding steroid dienone is 1. The summed E-state index contributed by atoms with van der Waals surface area (Å²) in [5.74, 6) is -1.67. The number of ketones is 2. The lowest BCUT2D eigenvalue weighted by Gasteiger charge is -2.18. The van der Waals surface area contributed by atoms with Crippen molar-refractivity contribution in [2.75, 3.05) is 0 Å². The average molecular weight is 368 g/mol. The topological polar surface area (TPSA) is 54.4 Å². The Morgan fingerprint density at radius 2 is 1.39 bits per heavy atom. The van der Waals surface area contributed by atoms with E-state index in [2.05, 4.69) is 6.92 Å². The molecule has 1 N–H and O–H groups in total. The molecule has 0 bridgehead atoms. The normalized spacial score (nSPS) is 14.1. The minimum atomic E-state index is -0.650. The van der Waals surface area contributed by atoms with Crippen LogP contribution in [0.2, 0.25) is 0 Å². The first-order chi connectivity index (χ1) is 13.6. The fraction of sp³-hybridized carbons (Fsp3) is 0.120. The predicted octanol–water partition coefficient (Wildman–Crippen LogP) is 5.12. The molecule has 0 aromatic heterocycles. The maximum Gasteiger partial charge on any atom is 0.201 e. The Morgan fingerprint density at radius 3 is 2.00 bits per heavy atom. The summed E-state index contributed by atoms with van der Waals surface area (Å²) in [5, 5.41) is 10.6. The summed E-state index contributed by atoms with van der Waals surface area (Å²) in [6.07, 6.45) is 0.907. The summed E-state index contributed by atoms with van der Waals surface area (Å²) >= 11 is 0. The third kappa shape index (κ3) is 2.95. The van der Waals surface area contributed by atoms with Gasteiger partial charge in [-0.3, -0.25) is 9.59 Å². The fourth-order valence-corrected chi connectivity index (χ4v) is 3.72. The lowest BCUT2D eigenvalue weighted by molar-refractivity contribution is -0.115. The lowest BCUT2D eigenvalue weighted by Crippen LogP contribution is -2.20. The zero-order chi connectivity index (χ0) is 19.7. The van der Waals surface area contributed by atoms with E-state index in [1.807, 2.05) is 54.6 Å². The van der Waals surface area contributed by atoms with Gasteiger partial charge in [0.2, 0.25) is 5.78 Å². The monoisotopic (exact) mass is 368 g/mol. The summed E-state index contributed by atoms with van der Waals surface area (Å²) in [4.78, 5) is 26.4. The van der Waals surface area contributed by atoms with E-state index in [1.165, 1.54) is 5.56 Å². The van der Waals surface area contributed by atoms with Gasteiger partial charge in [-0.15, -0.1) is 0 Å². The van der Waals surface area contributed by atoms with Gasteiger partial charge in [-0.1, -0.05) is 85.8 Å². The molecule has 3 aromatic carbocycles. The lowest BCUT2D eigenvalue weighted by atomic mass is 9.83. The Bertz CT molecular complexity index is 1080. The van der Waals surface area contributed by atoms with Crippen LogP contribution < -0.4 is 0 Å². The zero-order valence-electron chi connectivity index (χ0n) is 15.6. The fourth-order valence-electron chi connectivity index (χ4n) is 3.72. The molecule has 0 spiro atoms. The van der Waals surface area contributed by atoms with Crippen molar-refractivity contribution >= 4 is 17.3 Å². The van der Waals surface area contributed by atoms with Crippen LogP contribution in [0, 0.1) is 0 Å². The summed E-state index contributed by atoms with van der Waals surface area (Å²) in [7, 11) is 0. The summed E-state index contributed by atoms with van der Waals surface area (Å²) in [6, 6.07) is 24.0. The zero-order valence-corrected chi connectivity index (χ0v) is 15.6. The second-order valence-corrected chi connectivity index (χ2v) is 6.90. The Balaban J connectivity index is 1.82. The van der Waals surface area contributed by atoms with Crippen LogP contribution >= 0.6 is 0 Å².